The van der Waals surface area contributed by atoms with Gasteiger partial charge in [-0.05, 0) is 54.5 Å². The summed E-state index contributed by atoms with van der Waals surface area (Å²) in [6, 6.07) is -1.17. The van der Waals surface area contributed by atoms with Gasteiger partial charge in [0.05, 0.1) is 11.8 Å². The third-order valence-electron chi connectivity index (χ3n) is 3.27. The number of carboxylic acids is 1. The Bertz CT molecular complexity index is 474. The molecule has 0 aromatic rings. The first-order chi connectivity index (χ1) is 10.3. The molecule has 0 radical (unpaired) electrons. The predicted molar refractivity (Wildman–Crippen MR) is 82.7 cm³/mol. The second kappa shape index (κ2) is 6.86. The van der Waals surface area contributed by atoms with E-state index in [1.165, 1.54) is 0 Å². The van der Waals surface area contributed by atoms with E-state index in [-0.39, 0.29) is 0 Å². The summed E-state index contributed by atoms with van der Waals surface area (Å²) in [4.78, 5) is 36.4. The van der Waals surface area contributed by atoms with Gasteiger partial charge in [0, 0.05) is 0 Å². The average molecular weight is 329 g/mol. The molecule has 1 saturated heterocycles. The molecule has 7 nitrogen and oxygen atoms in total. The number of hydrogen-bond acceptors (Lipinski definition) is 6. The Kier molecular flexibility index (Phi) is 5.79. The van der Waals surface area contributed by atoms with Crippen molar-refractivity contribution < 1.29 is 29.0 Å². The van der Waals surface area contributed by atoms with Crippen molar-refractivity contribution in [3.05, 3.63) is 0 Å². The number of hydrogen-bond donors (Lipinski definition) is 2. The van der Waals surface area contributed by atoms with Gasteiger partial charge >= 0.3 is 17.9 Å². The van der Waals surface area contributed by atoms with E-state index in [0.29, 0.717) is 13.0 Å². The Hall–Kier alpha value is -1.63. The summed E-state index contributed by atoms with van der Waals surface area (Å²) in [6.45, 7) is 10.6. The summed E-state index contributed by atoms with van der Waals surface area (Å²) < 4.78 is 10.7. The van der Waals surface area contributed by atoms with Crippen LogP contribution < -0.4 is 5.32 Å². The SMILES string of the molecule is CC(C)(C)OC(=O)C1CCNC(C(=O)O)C1C(=O)OC(C)(C)C. The Morgan fingerprint density at radius 2 is 1.43 bits per heavy atom. The summed E-state index contributed by atoms with van der Waals surface area (Å²) in [5.74, 6) is -4.41. The number of nitrogens with one attached hydrogen (secondary N) is 1. The van der Waals surface area contributed by atoms with Crippen molar-refractivity contribution in [3.8, 4) is 0 Å². The second-order valence-corrected chi connectivity index (χ2v) is 7.76. The quantitative estimate of drug-likeness (QED) is 0.753. The lowest BCUT2D eigenvalue weighted by atomic mass is 9.80. The van der Waals surface area contributed by atoms with E-state index in [1.54, 1.807) is 41.5 Å². The van der Waals surface area contributed by atoms with Gasteiger partial charge in [-0.25, -0.2) is 0 Å². The highest BCUT2D eigenvalue weighted by molar-refractivity contribution is 5.89. The highest BCUT2D eigenvalue weighted by Crippen LogP contribution is 2.29. The van der Waals surface area contributed by atoms with Crippen molar-refractivity contribution in [1.29, 1.82) is 0 Å². The molecular formula is C16H27NO6. The minimum Gasteiger partial charge on any atom is -0.480 e. The van der Waals surface area contributed by atoms with E-state index in [0.717, 1.165) is 0 Å². The maximum Gasteiger partial charge on any atom is 0.321 e. The van der Waals surface area contributed by atoms with Crippen LogP contribution in [0.25, 0.3) is 0 Å². The van der Waals surface area contributed by atoms with Gasteiger partial charge in [-0.1, -0.05) is 0 Å². The molecule has 0 aromatic carbocycles. The minimum atomic E-state index is -1.19. The van der Waals surface area contributed by atoms with Crippen LogP contribution in [-0.4, -0.2) is 46.8 Å². The maximum atomic E-state index is 12.5. The van der Waals surface area contributed by atoms with Crippen molar-refractivity contribution in [3.63, 3.8) is 0 Å². The number of aliphatic carboxylic acids is 1. The highest BCUT2D eigenvalue weighted by atomic mass is 16.6. The number of piperidine rings is 1. The number of carboxylic acid groups (broad SMARTS) is 1. The zero-order valence-electron chi connectivity index (χ0n) is 14.6. The molecule has 1 rings (SSSR count). The summed E-state index contributed by atoms with van der Waals surface area (Å²) in [5, 5.41) is 12.1. The molecule has 1 aliphatic heterocycles. The van der Waals surface area contributed by atoms with Gasteiger partial charge in [-0.15, -0.1) is 0 Å². The molecule has 0 spiro atoms. The van der Waals surface area contributed by atoms with Crippen molar-refractivity contribution in [1.82, 2.24) is 5.32 Å². The van der Waals surface area contributed by atoms with E-state index in [1.807, 2.05) is 0 Å². The number of esters is 2. The Labute approximate surface area is 136 Å². The monoisotopic (exact) mass is 329 g/mol. The molecule has 3 unspecified atom stereocenters. The van der Waals surface area contributed by atoms with E-state index in [4.69, 9.17) is 9.47 Å². The van der Waals surface area contributed by atoms with Crippen LogP contribution in [0.3, 0.4) is 0 Å². The molecule has 0 bridgehead atoms. The van der Waals surface area contributed by atoms with Gasteiger partial charge in [0.1, 0.15) is 17.2 Å². The van der Waals surface area contributed by atoms with Gasteiger partial charge in [-0.2, -0.15) is 0 Å². The van der Waals surface area contributed by atoms with E-state index >= 15 is 0 Å². The van der Waals surface area contributed by atoms with Crippen LogP contribution in [0.4, 0.5) is 0 Å². The van der Waals surface area contributed by atoms with Gasteiger partial charge in [0.25, 0.3) is 0 Å². The van der Waals surface area contributed by atoms with Crippen LogP contribution in [0.5, 0.6) is 0 Å². The Morgan fingerprint density at radius 1 is 0.957 bits per heavy atom. The lowest BCUT2D eigenvalue weighted by molar-refractivity contribution is -0.178. The normalized spacial score (nSPS) is 25.6. The van der Waals surface area contributed by atoms with Gasteiger partial charge in [-0.3, -0.25) is 14.4 Å². The molecule has 1 heterocycles. The second-order valence-electron chi connectivity index (χ2n) is 7.76. The molecule has 2 N–H and O–H groups in total. The third-order valence-corrected chi connectivity index (χ3v) is 3.27. The van der Waals surface area contributed by atoms with Crippen LogP contribution in [0.15, 0.2) is 0 Å². The lowest BCUT2D eigenvalue weighted by Gasteiger charge is -2.36. The van der Waals surface area contributed by atoms with Crippen LogP contribution in [-0.2, 0) is 23.9 Å². The largest absolute Gasteiger partial charge is 0.480 e. The Balaban J connectivity index is 3.07. The van der Waals surface area contributed by atoms with Crippen LogP contribution >= 0.6 is 0 Å². The fourth-order valence-electron chi connectivity index (χ4n) is 2.49. The van der Waals surface area contributed by atoms with Crippen LogP contribution in [0.1, 0.15) is 48.0 Å². The molecule has 0 aliphatic carbocycles. The molecule has 132 valence electrons. The first-order valence-electron chi connectivity index (χ1n) is 7.74. The minimum absolute atomic E-state index is 0.320. The number of carbonyl (C=O) groups excluding carboxylic acids is 2. The molecular weight excluding hydrogens is 302 g/mol. The van der Waals surface area contributed by atoms with Gasteiger partial charge in [0.2, 0.25) is 0 Å². The molecule has 1 aliphatic rings. The Morgan fingerprint density at radius 3 is 1.87 bits per heavy atom. The van der Waals surface area contributed by atoms with Crippen molar-refractivity contribution >= 4 is 17.9 Å². The molecule has 7 heteroatoms. The zero-order chi connectivity index (χ0) is 18.0. The number of carbonyl (C=O) groups is 3. The molecule has 1 fully saturated rings. The average Bonchev–Trinajstić information content (AvgIpc) is 2.33. The summed E-state index contributed by atoms with van der Waals surface area (Å²) in [5.41, 5.74) is -1.48. The number of ether oxygens (including phenoxy) is 2. The van der Waals surface area contributed by atoms with Crippen LogP contribution in [0, 0.1) is 11.8 Å². The van der Waals surface area contributed by atoms with E-state index in [2.05, 4.69) is 5.32 Å². The number of rotatable bonds is 3. The van der Waals surface area contributed by atoms with Crippen molar-refractivity contribution in [2.24, 2.45) is 11.8 Å². The topological polar surface area (TPSA) is 102 Å². The molecule has 3 atom stereocenters. The van der Waals surface area contributed by atoms with Crippen molar-refractivity contribution in [2.45, 2.75) is 65.2 Å². The van der Waals surface area contributed by atoms with Crippen LogP contribution in [0.2, 0.25) is 0 Å². The molecule has 0 amide bonds. The van der Waals surface area contributed by atoms with E-state index < -0.39 is 47.0 Å². The van der Waals surface area contributed by atoms with Crippen molar-refractivity contribution in [2.75, 3.05) is 6.54 Å². The fourth-order valence-corrected chi connectivity index (χ4v) is 2.49. The smallest absolute Gasteiger partial charge is 0.321 e. The van der Waals surface area contributed by atoms with Gasteiger partial charge in [0.15, 0.2) is 0 Å². The first kappa shape index (κ1) is 19.4. The van der Waals surface area contributed by atoms with Gasteiger partial charge < -0.3 is 19.9 Å². The predicted octanol–water partition coefficient (Wildman–Crippen LogP) is 1.35. The lowest BCUT2D eigenvalue weighted by Crippen LogP contribution is -2.56. The van der Waals surface area contributed by atoms with E-state index in [9.17, 15) is 19.5 Å². The molecule has 0 saturated carbocycles. The summed E-state index contributed by atoms with van der Waals surface area (Å²) >= 11 is 0. The molecule has 23 heavy (non-hydrogen) atoms. The highest BCUT2D eigenvalue weighted by Gasteiger charge is 2.48. The third kappa shape index (κ3) is 5.82. The summed E-state index contributed by atoms with van der Waals surface area (Å²) in [6.07, 6.45) is 0.322. The maximum absolute atomic E-state index is 12.5. The standard InChI is InChI=1S/C16H27NO6/c1-15(2,3)22-13(20)9-7-8-17-11(12(18)19)10(9)14(21)23-16(4,5)6/h9-11,17H,7-8H2,1-6H3,(H,18,19). The molecule has 0 aromatic heterocycles. The first-order valence-corrected chi connectivity index (χ1v) is 7.74. The summed E-state index contributed by atoms with van der Waals surface area (Å²) in [7, 11) is 0. The zero-order valence-corrected chi connectivity index (χ0v) is 14.6. The fraction of sp³-hybridized carbons (Fsp3) is 0.812.